The second-order valence-electron chi connectivity index (χ2n) is 10.1. The number of carbonyl (C=O) groups excluding carboxylic acids is 1. The summed E-state index contributed by atoms with van der Waals surface area (Å²) in [5, 5.41) is 7.59. The molecule has 0 aliphatic carbocycles. The quantitative estimate of drug-likeness (QED) is 0.415. The van der Waals surface area contributed by atoms with E-state index >= 15 is 0 Å². The summed E-state index contributed by atoms with van der Waals surface area (Å²) in [7, 11) is -3.14. The van der Waals surface area contributed by atoms with Crippen molar-refractivity contribution in [1.82, 2.24) is 9.78 Å². The lowest BCUT2D eigenvalue weighted by atomic mass is 10.0. The first kappa shape index (κ1) is 26.7. The minimum Gasteiger partial charge on any atom is -0.491 e. The molecule has 2 heterocycles. The van der Waals surface area contributed by atoms with Gasteiger partial charge in [-0.3, -0.25) is 4.79 Å². The average molecular weight is 526 g/mol. The molecule has 0 unspecified atom stereocenters. The van der Waals surface area contributed by atoms with Gasteiger partial charge < -0.3 is 14.8 Å². The zero-order chi connectivity index (χ0) is 26.7. The number of sulfone groups is 1. The van der Waals surface area contributed by atoms with Crippen LogP contribution in [0.25, 0.3) is 11.3 Å². The largest absolute Gasteiger partial charge is 0.491 e. The number of rotatable bonds is 9. The predicted molar refractivity (Wildman–Crippen MR) is 145 cm³/mol. The maximum atomic E-state index is 12.8. The number of nitrogens with one attached hydrogen (secondary N) is 1. The van der Waals surface area contributed by atoms with Gasteiger partial charge in [0.1, 0.15) is 17.3 Å². The molecule has 1 atom stereocenters. The third kappa shape index (κ3) is 6.71. The fourth-order valence-corrected chi connectivity index (χ4v) is 6.04. The maximum Gasteiger partial charge on any atom is 0.263 e. The molecule has 0 radical (unpaired) electrons. The lowest BCUT2D eigenvalue weighted by Crippen LogP contribution is -2.23. The Labute approximate surface area is 218 Å². The van der Waals surface area contributed by atoms with Gasteiger partial charge in [-0.15, -0.1) is 0 Å². The molecule has 1 N–H and O–H groups in total. The fraction of sp³-hybridized carbons (Fsp3) is 0.429. The highest BCUT2D eigenvalue weighted by molar-refractivity contribution is 7.91. The Hall–Kier alpha value is -3.33. The minimum atomic E-state index is -3.14. The summed E-state index contributed by atoms with van der Waals surface area (Å²) < 4.78 is 37.5. The van der Waals surface area contributed by atoms with Gasteiger partial charge in [0.15, 0.2) is 16.4 Å². The average Bonchev–Trinajstić information content (AvgIpc) is 3.41. The number of hydrogen-bond acceptors (Lipinski definition) is 6. The Bertz CT molecular complexity index is 1360. The van der Waals surface area contributed by atoms with E-state index in [-0.39, 0.29) is 36.2 Å². The number of amides is 1. The number of aromatic nitrogens is 2. The molecule has 1 fully saturated rings. The summed E-state index contributed by atoms with van der Waals surface area (Å²) in [6, 6.07) is 14.9. The normalized spacial score (nSPS) is 16.8. The van der Waals surface area contributed by atoms with Crippen molar-refractivity contribution in [2.45, 2.75) is 59.1 Å². The number of ether oxygens (including phenoxy) is 2. The first-order chi connectivity index (χ1) is 17.5. The SMILES string of the molecule is Cc1cc(-c2cc(NC(=O)COc3ccc(C(C)C)cc3)n([C@@H]3CCS(=O)(=O)C3)n2)ccc1OC(C)C. The Morgan fingerprint density at radius 2 is 1.84 bits per heavy atom. The molecule has 1 amide bonds. The van der Waals surface area contributed by atoms with Gasteiger partial charge in [0.25, 0.3) is 5.91 Å². The van der Waals surface area contributed by atoms with Gasteiger partial charge in [0.05, 0.1) is 29.3 Å². The van der Waals surface area contributed by atoms with Crippen LogP contribution in [0.5, 0.6) is 11.5 Å². The van der Waals surface area contributed by atoms with Gasteiger partial charge in [-0.1, -0.05) is 26.0 Å². The molecule has 37 heavy (non-hydrogen) atoms. The standard InChI is InChI=1S/C28H35N3O5S/c1-18(2)21-6-9-24(10-7-21)35-16-28(32)29-27-15-25(30-31(27)23-12-13-37(33,34)17-23)22-8-11-26(20(5)14-22)36-19(3)4/h6-11,14-15,18-19,23H,12-13,16-17H2,1-5H3,(H,29,32)/t23-/m1/s1. The molecule has 198 valence electrons. The second kappa shape index (κ2) is 11.0. The molecule has 1 saturated heterocycles. The van der Waals surface area contributed by atoms with E-state index in [1.807, 2.05) is 63.2 Å². The van der Waals surface area contributed by atoms with Crippen LogP contribution in [0.4, 0.5) is 5.82 Å². The molecule has 3 aromatic rings. The molecule has 0 saturated carbocycles. The highest BCUT2D eigenvalue weighted by atomic mass is 32.2. The summed E-state index contributed by atoms with van der Waals surface area (Å²) in [5.41, 5.74) is 3.65. The molecule has 9 heteroatoms. The molecule has 1 aliphatic heterocycles. The zero-order valence-corrected chi connectivity index (χ0v) is 22.8. The van der Waals surface area contributed by atoms with Crippen LogP contribution in [0.3, 0.4) is 0 Å². The van der Waals surface area contributed by atoms with Gasteiger partial charge in [-0.2, -0.15) is 5.10 Å². The first-order valence-electron chi connectivity index (χ1n) is 12.6. The van der Waals surface area contributed by atoms with Gasteiger partial charge >= 0.3 is 0 Å². The number of anilines is 1. The predicted octanol–water partition coefficient (Wildman–Crippen LogP) is 5.15. The van der Waals surface area contributed by atoms with Gasteiger partial charge in [-0.25, -0.2) is 13.1 Å². The van der Waals surface area contributed by atoms with Crippen molar-refractivity contribution in [1.29, 1.82) is 0 Å². The van der Waals surface area contributed by atoms with Crippen molar-refractivity contribution in [3.05, 3.63) is 59.7 Å². The number of hydrogen-bond donors (Lipinski definition) is 1. The summed E-state index contributed by atoms with van der Waals surface area (Å²) in [6.45, 7) is 9.98. The van der Waals surface area contributed by atoms with Crippen LogP contribution in [-0.2, 0) is 14.6 Å². The van der Waals surface area contributed by atoms with Gasteiger partial charge in [0, 0.05) is 11.6 Å². The van der Waals surface area contributed by atoms with E-state index in [1.54, 1.807) is 10.7 Å². The number of aryl methyl sites for hydroxylation is 1. The third-order valence-corrected chi connectivity index (χ3v) is 8.06. The van der Waals surface area contributed by atoms with Crippen molar-refractivity contribution in [3.63, 3.8) is 0 Å². The van der Waals surface area contributed by atoms with Gasteiger partial charge in [0.2, 0.25) is 0 Å². The fourth-order valence-electron chi connectivity index (χ4n) is 4.35. The highest BCUT2D eigenvalue weighted by Crippen LogP contribution is 2.32. The summed E-state index contributed by atoms with van der Waals surface area (Å²) >= 11 is 0. The van der Waals surface area contributed by atoms with Crippen LogP contribution in [0.2, 0.25) is 0 Å². The molecular weight excluding hydrogens is 490 g/mol. The van der Waals surface area contributed by atoms with Crippen molar-refractivity contribution in [2.24, 2.45) is 0 Å². The summed E-state index contributed by atoms with van der Waals surface area (Å²) in [5.74, 6) is 2.02. The zero-order valence-electron chi connectivity index (χ0n) is 22.0. The van der Waals surface area contributed by atoms with E-state index in [4.69, 9.17) is 14.6 Å². The number of carbonyl (C=O) groups is 1. The highest BCUT2D eigenvalue weighted by Gasteiger charge is 2.32. The Morgan fingerprint density at radius 3 is 2.43 bits per heavy atom. The Kier molecular flexibility index (Phi) is 7.92. The molecule has 0 spiro atoms. The number of benzene rings is 2. The first-order valence-corrected chi connectivity index (χ1v) is 14.4. The molecule has 8 nitrogen and oxygen atoms in total. The van der Waals surface area contributed by atoms with Crippen molar-refractivity contribution in [3.8, 4) is 22.8 Å². The molecule has 1 aromatic heterocycles. The molecule has 1 aliphatic rings. The molecule has 0 bridgehead atoms. The maximum absolute atomic E-state index is 12.8. The van der Waals surface area contributed by atoms with Crippen molar-refractivity contribution >= 4 is 21.6 Å². The van der Waals surface area contributed by atoms with E-state index in [2.05, 4.69) is 19.2 Å². The van der Waals surface area contributed by atoms with E-state index < -0.39 is 9.84 Å². The monoisotopic (exact) mass is 525 g/mol. The molecule has 2 aromatic carbocycles. The topological polar surface area (TPSA) is 99.5 Å². The van der Waals surface area contributed by atoms with E-state index in [0.717, 1.165) is 16.9 Å². The van der Waals surface area contributed by atoms with Gasteiger partial charge in [-0.05, 0) is 74.6 Å². The third-order valence-electron chi connectivity index (χ3n) is 6.31. The summed E-state index contributed by atoms with van der Waals surface area (Å²) in [4.78, 5) is 12.8. The lowest BCUT2D eigenvalue weighted by Gasteiger charge is -2.14. The molecular formula is C28H35N3O5S. The Balaban J connectivity index is 1.54. The molecule has 4 rings (SSSR count). The van der Waals surface area contributed by atoms with Crippen LogP contribution in [0.15, 0.2) is 48.5 Å². The number of nitrogens with zero attached hydrogens (tertiary/aromatic N) is 2. The van der Waals surface area contributed by atoms with Crippen LogP contribution >= 0.6 is 0 Å². The smallest absolute Gasteiger partial charge is 0.263 e. The van der Waals surface area contributed by atoms with Crippen LogP contribution < -0.4 is 14.8 Å². The van der Waals surface area contributed by atoms with E-state index in [9.17, 15) is 13.2 Å². The minimum absolute atomic E-state index is 0.00408. The summed E-state index contributed by atoms with van der Waals surface area (Å²) in [6.07, 6.45) is 0.510. The van der Waals surface area contributed by atoms with E-state index in [0.29, 0.717) is 29.6 Å². The van der Waals surface area contributed by atoms with E-state index in [1.165, 1.54) is 5.56 Å². The Morgan fingerprint density at radius 1 is 1.11 bits per heavy atom. The van der Waals surface area contributed by atoms with Crippen LogP contribution in [-0.4, -0.2) is 48.3 Å². The van der Waals surface area contributed by atoms with Crippen LogP contribution in [0.1, 0.15) is 57.2 Å². The second-order valence-corrected chi connectivity index (χ2v) is 12.4. The van der Waals surface area contributed by atoms with Crippen molar-refractivity contribution in [2.75, 3.05) is 23.4 Å². The van der Waals surface area contributed by atoms with Crippen LogP contribution in [0, 0.1) is 6.92 Å². The lowest BCUT2D eigenvalue weighted by molar-refractivity contribution is -0.118. The van der Waals surface area contributed by atoms with Crippen molar-refractivity contribution < 1.29 is 22.7 Å².